The van der Waals surface area contributed by atoms with E-state index in [9.17, 15) is 29.1 Å². The molecule has 0 bridgehead atoms. The normalized spacial score (nSPS) is 14.9. The van der Waals surface area contributed by atoms with Crippen LogP contribution in [0.5, 0.6) is 0 Å². The third-order valence-electron chi connectivity index (χ3n) is 2.90. The molecule has 0 aromatic rings. The third kappa shape index (κ3) is 8.22. The van der Waals surface area contributed by atoms with Crippen LogP contribution in [0.2, 0.25) is 0 Å². The van der Waals surface area contributed by atoms with Crippen molar-refractivity contribution in [1.29, 1.82) is 0 Å². The van der Waals surface area contributed by atoms with Crippen molar-refractivity contribution in [3.63, 3.8) is 0 Å². The zero-order chi connectivity index (χ0) is 20.4. The number of carboxylic acid groups (broad SMARTS) is 1. The molecule has 0 aliphatic carbocycles. The van der Waals surface area contributed by atoms with E-state index in [1.165, 1.54) is 0 Å². The van der Waals surface area contributed by atoms with Gasteiger partial charge in [0.25, 0.3) is 11.8 Å². The molecule has 0 fully saturated rings. The molecule has 0 rings (SSSR count). The van der Waals surface area contributed by atoms with Gasteiger partial charge in [-0.15, -0.1) is 0 Å². The first-order chi connectivity index (χ1) is 12.0. The number of hydrogen-bond donors (Lipinski definition) is 9. The molecule has 0 heterocycles. The quantitative estimate of drug-likeness (QED) is 0.174. The number of carbonyl (C=O) groups is 5. The summed E-state index contributed by atoms with van der Waals surface area (Å²) in [5, 5.41) is 30.7. The van der Waals surface area contributed by atoms with Crippen molar-refractivity contribution in [3.8, 4) is 0 Å². The molecule has 0 radical (unpaired) electrons. The van der Waals surface area contributed by atoms with Gasteiger partial charge >= 0.3 is 12.0 Å². The Morgan fingerprint density at radius 3 is 2.00 bits per heavy atom. The number of hydrogen-bond acceptors (Lipinski definition) is 8. The van der Waals surface area contributed by atoms with Gasteiger partial charge in [-0.2, -0.15) is 0 Å². The van der Waals surface area contributed by atoms with Gasteiger partial charge in [0, 0.05) is 0 Å². The van der Waals surface area contributed by atoms with E-state index < -0.39 is 67.0 Å². The molecule has 5 amide bonds. The van der Waals surface area contributed by atoms with E-state index >= 15 is 0 Å². The van der Waals surface area contributed by atoms with E-state index in [1.54, 1.807) is 0 Å². The molecule has 148 valence electrons. The summed E-state index contributed by atoms with van der Waals surface area (Å²) >= 11 is 0. The SMILES string of the molecule is CC(O)[C@H](NC(=O)N[C@@H](CC(N)=O)C(=O)NNC(=O)[C@@H](N)CO)C(=O)O. The lowest BCUT2D eigenvalue weighted by molar-refractivity contribution is -0.141. The van der Waals surface area contributed by atoms with Crippen molar-refractivity contribution in [3.05, 3.63) is 0 Å². The van der Waals surface area contributed by atoms with Gasteiger partial charge in [-0.1, -0.05) is 0 Å². The van der Waals surface area contributed by atoms with Crippen LogP contribution < -0.4 is 33.0 Å². The Kier molecular flexibility index (Phi) is 9.57. The van der Waals surface area contributed by atoms with Crippen LogP contribution in [-0.4, -0.2) is 75.9 Å². The second-order valence-electron chi connectivity index (χ2n) is 5.16. The fourth-order valence-electron chi connectivity index (χ4n) is 1.53. The number of amides is 5. The predicted molar refractivity (Wildman–Crippen MR) is 83.7 cm³/mol. The van der Waals surface area contributed by atoms with Crippen molar-refractivity contribution in [1.82, 2.24) is 21.5 Å². The molecule has 0 spiro atoms. The van der Waals surface area contributed by atoms with Crippen molar-refractivity contribution in [2.24, 2.45) is 11.5 Å². The molecule has 4 atom stereocenters. The molecule has 14 nitrogen and oxygen atoms in total. The van der Waals surface area contributed by atoms with Crippen LogP contribution in [0.25, 0.3) is 0 Å². The maximum absolute atomic E-state index is 11.9. The topological polar surface area (TPSA) is 246 Å². The van der Waals surface area contributed by atoms with Crippen LogP contribution >= 0.6 is 0 Å². The summed E-state index contributed by atoms with van der Waals surface area (Å²) in [6, 6.07) is -5.74. The lowest BCUT2D eigenvalue weighted by atomic mass is 10.1. The first-order valence-corrected chi connectivity index (χ1v) is 7.21. The Labute approximate surface area is 147 Å². The Bertz CT molecular complexity index is 554. The molecular formula is C12H22N6O8. The first kappa shape index (κ1) is 23.0. The van der Waals surface area contributed by atoms with Gasteiger partial charge in [0.15, 0.2) is 6.04 Å². The highest BCUT2D eigenvalue weighted by atomic mass is 16.4. The largest absolute Gasteiger partial charge is 0.480 e. The number of hydrazine groups is 1. The number of nitrogens with one attached hydrogen (secondary N) is 4. The second kappa shape index (κ2) is 10.8. The number of aliphatic hydroxyl groups is 2. The van der Waals surface area contributed by atoms with Crippen LogP contribution in [0.4, 0.5) is 4.79 Å². The zero-order valence-electron chi connectivity index (χ0n) is 13.8. The van der Waals surface area contributed by atoms with Gasteiger partial charge in [0.2, 0.25) is 5.91 Å². The molecule has 11 N–H and O–H groups in total. The van der Waals surface area contributed by atoms with E-state index in [2.05, 4.69) is 0 Å². The Morgan fingerprint density at radius 1 is 1.04 bits per heavy atom. The maximum Gasteiger partial charge on any atom is 0.328 e. The number of urea groups is 1. The zero-order valence-corrected chi connectivity index (χ0v) is 13.8. The lowest BCUT2D eigenvalue weighted by Crippen LogP contribution is -2.59. The van der Waals surface area contributed by atoms with E-state index in [4.69, 9.17) is 21.7 Å². The molecule has 26 heavy (non-hydrogen) atoms. The fourth-order valence-corrected chi connectivity index (χ4v) is 1.53. The van der Waals surface area contributed by atoms with Crippen LogP contribution in [0, 0.1) is 0 Å². The number of nitrogens with two attached hydrogens (primary N) is 2. The number of carbonyl (C=O) groups excluding carboxylic acids is 4. The molecular weight excluding hydrogens is 356 g/mol. The van der Waals surface area contributed by atoms with Gasteiger partial charge in [-0.3, -0.25) is 25.2 Å². The number of aliphatic hydroxyl groups excluding tert-OH is 2. The summed E-state index contributed by atoms with van der Waals surface area (Å²) < 4.78 is 0. The van der Waals surface area contributed by atoms with Gasteiger partial charge in [-0.05, 0) is 6.92 Å². The number of rotatable bonds is 9. The second-order valence-corrected chi connectivity index (χ2v) is 5.16. The molecule has 0 aliphatic rings. The summed E-state index contributed by atoms with van der Waals surface area (Å²) in [6.07, 6.45) is -2.12. The number of aliphatic carboxylic acids is 1. The molecule has 0 aliphatic heterocycles. The summed E-state index contributed by atoms with van der Waals surface area (Å²) in [5.41, 5.74) is 13.9. The Balaban J connectivity index is 4.90. The van der Waals surface area contributed by atoms with Gasteiger partial charge in [-0.25, -0.2) is 9.59 Å². The molecule has 0 aromatic heterocycles. The molecule has 0 aromatic carbocycles. The van der Waals surface area contributed by atoms with Gasteiger partial charge in [0.05, 0.1) is 19.1 Å². The summed E-state index contributed by atoms with van der Waals surface area (Å²) in [4.78, 5) is 57.0. The third-order valence-corrected chi connectivity index (χ3v) is 2.90. The minimum atomic E-state index is -1.67. The summed E-state index contributed by atoms with van der Waals surface area (Å²) in [5.74, 6) is -4.52. The summed E-state index contributed by atoms with van der Waals surface area (Å²) in [7, 11) is 0. The first-order valence-electron chi connectivity index (χ1n) is 7.21. The molecule has 14 heteroatoms. The maximum atomic E-state index is 11.9. The van der Waals surface area contributed by atoms with E-state index in [0.29, 0.717) is 0 Å². The standard InChI is InChI=1S/C12H22N6O8/c1-4(20)8(11(24)25)16-12(26)15-6(2-7(14)21)10(23)18-17-9(22)5(13)3-19/h4-6,8,19-20H,2-3,13H2,1H3,(H2,14,21)(H,17,22)(H,18,23)(H,24,25)(H2,15,16,26)/t4?,5-,6-,8-/m0/s1. The Hall–Kier alpha value is -2.97. The summed E-state index contributed by atoms with van der Waals surface area (Å²) in [6.45, 7) is 0.426. The Morgan fingerprint density at radius 2 is 1.58 bits per heavy atom. The monoisotopic (exact) mass is 378 g/mol. The minimum absolute atomic E-state index is 0.673. The molecule has 0 saturated carbocycles. The average Bonchev–Trinajstić information content (AvgIpc) is 2.54. The van der Waals surface area contributed by atoms with Gasteiger partial charge in [0.1, 0.15) is 12.1 Å². The van der Waals surface area contributed by atoms with Crippen molar-refractivity contribution < 1.29 is 39.3 Å². The number of carboxylic acids is 1. The molecule has 0 saturated heterocycles. The average molecular weight is 378 g/mol. The van der Waals surface area contributed by atoms with E-state index in [1.807, 2.05) is 21.5 Å². The van der Waals surface area contributed by atoms with Crippen molar-refractivity contribution in [2.75, 3.05) is 6.61 Å². The smallest absolute Gasteiger partial charge is 0.328 e. The number of primary amides is 1. The van der Waals surface area contributed by atoms with Crippen LogP contribution in [0.1, 0.15) is 13.3 Å². The minimum Gasteiger partial charge on any atom is -0.480 e. The van der Waals surface area contributed by atoms with Crippen molar-refractivity contribution >= 4 is 29.7 Å². The van der Waals surface area contributed by atoms with Crippen molar-refractivity contribution in [2.45, 2.75) is 37.6 Å². The predicted octanol–water partition coefficient (Wildman–Crippen LogP) is -5.17. The highest BCUT2D eigenvalue weighted by Crippen LogP contribution is 1.96. The van der Waals surface area contributed by atoms with Crippen LogP contribution in [-0.2, 0) is 19.2 Å². The fraction of sp³-hybridized carbons (Fsp3) is 0.583. The van der Waals surface area contributed by atoms with E-state index in [0.717, 1.165) is 6.92 Å². The lowest BCUT2D eigenvalue weighted by Gasteiger charge is -2.21. The van der Waals surface area contributed by atoms with Crippen LogP contribution in [0.3, 0.4) is 0 Å². The van der Waals surface area contributed by atoms with E-state index in [-0.39, 0.29) is 0 Å². The molecule has 1 unspecified atom stereocenters. The highest BCUT2D eigenvalue weighted by Gasteiger charge is 2.28. The van der Waals surface area contributed by atoms with Gasteiger partial charge < -0.3 is 37.4 Å². The highest BCUT2D eigenvalue weighted by molar-refractivity contribution is 5.93. The van der Waals surface area contributed by atoms with Crippen LogP contribution in [0.15, 0.2) is 0 Å².